The van der Waals surface area contributed by atoms with Crippen molar-refractivity contribution in [1.29, 1.82) is 0 Å². The Morgan fingerprint density at radius 3 is 2.67 bits per heavy atom. The summed E-state index contributed by atoms with van der Waals surface area (Å²) in [6, 6.07) is -0.769. The zero-order chi connectivity index (χ0) is 15.7. The van der Waals surface area contributed by atoms with E-state index < -0.39 is 27.4 Å². The highest BCUT2D eigenvalue weighted by Crippen LogP contribution is 2.25. The maximum Gasteiger partial charge on any atom is 0.305 e. The number of carbonyl (C=O) groups is 2. The number of carboxylic acids is 1. The van der Waals surface area contributed by atoms with E-state index in [1.165, 1.54) is 4.90 Å². The quantitative estimate of drug-likeness (QED) is 0.735. The maximum atomic E-state index is 12.8. The number of hydrogen-bond acceptors (Lipinski definition) is 5. The van der Waals surface area contributed by atoms with Crippen molar-refractivity contribution >= 4 is 21.7 Å². The van der Waals surface area contributed by atoms with Gasteiger partial charge < -0.3 is 15.3 Å². The van der Waals surface area contributed by atoms with Crippen LogP contribution in [0.4, 0.5) is 0 Å². The SMILES string of the molecule is CC1(C(=O)N2CCS(=O)(=O)CC2CC(=O)O)CCCCN1. The third kappa shape index (κ3) is 3.74. The molecule has 7 nitrogen and oxygen atoms in total. The van der Waals surface area contributed by atoms with E-state index in [2.05, 4.69) is 5.32 Å². The molecule has 0 aliphatic carbocycles. The third-order valence-corrected chi connectivity index (χ3v) is 5.99. The van der Waals surface area contributed by atoms with E-state index in [4.69, 9.17) is 5.11 Å². The first-order chi connectivity index (χ1) is 9.73. The van der Waals surface area contributed by atoms with Gasteiger partial charge in [0.1, 0.15) is 0 Å². The Morgan fingerprint density at radius 1 is 1.38 bits per heavy atom. The first kappa shape index (κ1) is 16.2. The monoisotopic (exact) mass is 318 g/mol. The van der Waals surface area contributed by atoms with Crippen molar-refractivity contribution in [2.75, 3.05) is 24.6 Å². The molecule has 2 aliphatic rings. The van der Waals surface area contributed by atoms with E-state index in [1.807, 2.05) is 6.92 Å². The number of nitrogens with zero attached hydrogens (tertiary/aromatic N) is 1. The van der Waals surface area contributed by atoms with Crippen LogP contribution in [0.15, 0.2) is 0 Å². The summed E-state index contributed by atoms with van der Waals surface area (Å²) in [5, 5.41) is 12.2. The van der Waals surface area contributed by atoms with Crippen LogP contribution in [0, 0.1) is 0 Å². The van der Waals surface area contributed by atoms with Gasteiger partial charge in [0.05, 0.1) is 29.5 Å². The Hall–Kier alpha value is -1.15. The first-order valence-electron chi connectivity index (χ1n) is 7.22. The molecule has 2 N–H and O–H groups in total. The van der Waals surface area contributed by atoms with Crippen LogP contribution in [0.1, 0.15) is 32.6 Å². The molecular formula is C13H22N2O5S. The van der Waals surface area contributed by atoms with Crippen LogP contribution in [-0.2, 0) is 19.4 Å². The molecular weight excluding hydrogens is 296 g/mol. The fourth-order valence-corrected chi connectivity index (χ4v) is 4.61. The normalized spacial score (nSPS) is 32.6. The fourth-order valence-electron chi connectivity index (χ4n) is 3.08. The van der Waals surface area contributed by atoms with Crippen molar-refractivity contribution < 1.29 is 23.1 Å². The molecule has 8 heteroatoms. The molecule has 120 valence electrons. The molecule has 0 spiro atoms. The lowest BCUT2D eigenvalue weighted by molar-refractivity contribution is -0.144. The van der Waals surface area contributed by atoms with Gasteiger partial charge in [-0.2, -0.15) is 0 Å². The van der Waals surface area contributed by atoms with Crippen molar-refractivity contribution in [3.05, 3.63) is 0 Å². The Kier molecular flexibility index (Phi) is 4.57. The summed E-state index contributed by atoms with van der Waals surface area (Å²) in [7, 11) is -3.27. The van der Waals surface area contributed by atoms with Crippen LogP contribution in [0.25, 0.3) is 0 Å². The molecule has 0 radical (unpaired) electrons. The summed E-state index contributed by atoms with van der Waals surface area (Å²) >= 11 is 0. The van der Waals surface area contributed by atoms with Crippen molar-refractivity contribution in [3.63, 3.8) is 0 Å². The minimum absolute atomic E-state index is 0.0797. The molecule has 2 heterocycles. The van der Waals surface area contributed by atoms with Gasteiger partial charge in [-0.15, -0.1) is 0 Å². The van der Waals surface area contributed by atoms with Gasteiger partial charge >= 0.3 is 5.97 Å². The molecule has 0 aromatic heterocycles. The topological polar surface area (TPSA) is 104 Å². The molecule has 2 rings (SSSR count). The van der Waals surface area contributed by atoms with Gasteiger partial charge in [0.25, 0.3) is 0 Å². The lowest BCUT2D eigenvalue weighted by atomic mass is 9.89. The van der Waals surface area contributed by atoms with Crippen LogP contribution < -0.4 is 5.32 Å². The van der Waals surface area contributed by atoms with Gasteiger partial charge in [-0.1, -0.05) is 0 Å². The second kappa shape index (κ2) is 5.92. The van der Waals surface area contributed by atoms with Gasteiger partial charge in [-0.05, 0) is 32.7 Å². The molecule has 0 aromatic carbocycles. The lowest BCUT2D eigenvalue weighted by Crippen LogP contribution is -2.63. The van der Waals surface area contributed by atoms with Crippen LogP contribution in [0.5, 0.6) is 0 Å². The third-order valence-electron chi connectivity index (χ3n) is 4.29. The predicted octanol–water partition coefficient (Wildman–Crippen LogP) is -0.381. The number of nitrogens with one attached hydrogen (secondary N) is 1. The average Bonchev–Trinajstić information content (AvgIpc) is 2.37. The van der Waals surface area contributed by atoms with E-state index >= 15 is 0 Å². The highest BCUT2D eigenvalue weighted by Gasteiger charge is 2.43. The number of carbonyl (C=O) groups excluding carboxylic acids is 1. The highest BCUT2D eigenvalue weighted by molar-refractivity contribution is 7.91. The van der Waals surface area contributed by atoms with E-state index in [-0.39, 0.29) is 30.4 Å². The maximum absolute atomic E-state index is 12.8. The summed E-state index contributed by atoms with van der Waals surface area (Å²) in [4.78, 5) is 25.2. The molecule has 0 saturated carbocycles. The second-order valence-electron chi connectivity index (χ2n) is 6.08. The Labute approximate surface area is 124 Å². The van der Waals surface area contributed by atoms with E-state index in [0.29, 0.717) is 6.42 Å². The minimum atomic E-state index is -3.27. The molecule has 2 fully saturated rings. The number of rotatable bonds is 3. The molecule has 0 aromatic rings. The molecule has 2 aliphatic heterocycles. The standard InChI is InChI=1S/C13H22N2O5S/c1-13(4-2-3-5-14-13)12(18)15-6-7-21(19,20)9-10(15)8-11(16)17/h10,14H,2-9H2,1H3,(H,16,17). The molecule has 21 heavy (non-hydrogen) atoms. The summed E-state index contributed by atoms with van der Waals surface area (Å²) < 4.78 is 23.4. The number of aliphatic carboxylic acids is 1. The van der Waals surface area contributed by atoms with Crippen LogP contribution in [0.2, 0.25) is 0 Å². The smallest absolute Gasteiger partial charge is 0.305 e. The largest absolute Gasteiger partial charge is 0.481 e. The van der Waals surface area contributed by atoms with Crippen molar-refractivity contribution in [2.24, 2.45) is 0 Å². The number of piperidine rings is 1. The summed E-state index contributed by atoms with van der Waals surface area (Å²) in [5.74, 6) is -1.62. The van der Waals surface area contributed by atoms with Crippen LogP contribution in [-0.4, -0.2) is 66.5 Å². The van der Waals surface area contributed by atoms with Gasteiger partial charge in [0.15, 0.2) is 9.84 Å². The van der Waals surface area contributed by atoms with Crippen LogP contribution >= 0.6 is 0 Å². The van der Waals surface area contributed by atoms with E-state index in [1.54, 1.807) is 0 Å². The van der Waals surface area contributed by atoms with Gasteiger partial charge in [-0.25, -0.2) is 8.42 Å². The number of hydrogen-bond donors (Lipinski definition) is 2. The summed E-state index contributed by atoms with van der Waals surface area (Å²) in [5.41, 5.74) is -0.712. The van der Waals surface area contributed by atoms with E-state index in [0.717, 1.165) is 19.4 Å². The highest BCUT2D eigenvalue weighted by atomic mass is 32.2. The van der Waals surface area contributed by atoms with Crippen LogP contribution in [0.3, 0.4) is 0 Å². The average molecular weight is 318 g/mol. The van der Waals surface area contributed by atoms with Crippen molar-refractivity contribution in [1.82, 2.24) is 10.2 Å². The molecule has 2 unspecified atom stereocenters. The Balaban J connectivity index is 2.18. The van der Waals surface area contributed by atoms with Crippen molar-refractivity contribution in [2.45, 2.75) is 44.2 Å². The molecule has 2 saturated heterocycles. The zero-order valence-corrected chi connectivity index (χ0v) is 13.0. The number of carboxylic acid groups (broad SMARTS) is 1. The van der Waals surface area contributed by atoms with Gasteiger partial charge in [-0.3, -0.25) is 9.59 Å². The first-order valence-corrected chi connectivity index (χ1v) is 9.04. The predicted molar refractivity (Wildman–Crippen MR) is 76.7 cm³/mol. The zero-order valence-electron chi connectivity index (χ0n) is 12.2. The molecule has 1 amide bonds. The summed E-state index contributed by atoms with van der Waals surface area (Å²) in [6.07, 6.45) is 2.30. The lowest BCUT2D eigenvalue weighted by Gasteiger charge is -2.42. The minimum Gasteiger partial charge on any atom is -0.481 e. The molecule has 0 bridgehead atoms. The second-order valence-corrected chi connectivity index (χ2v) is 8.31. The van der Waals surface area contributed by atoms with Gasteiger partial charge in [0, 0.05) is 6.54 Å². The van der Waals surface area contributed by atoms with Crippen molar-refractivity contribution in [3.8, 4) is 0 Å². The Bertz CT molecular complexity index is 525. The van der Waals surface area contributed by atoms with E-state index in [9.17, 15) is 18.0 Å². The van der Waals surface area contributed by atoms with Gasteiger partial charge in [0.2, 0.25) is 5.91 Å². The number of amides is 1. The fraction of sp³-hybridized carbons (Fsp3) is 0.846. The summed E-state index contributed by atoms with van der Waals surface area (Å²) in [6.45, 7) is 2.64. The number of sulfone groups is 1. The molecule has 2 atom stereocenters. The Morgan fingerprint density at radius 2 is 2.10 bits per heavy atom.